The Morgan fingerprint density at radius 2 is 1.76 bits per heavy atom. The Hall–Kier alpha value is -2.36. The third kappa shape index (κ3) is 5.77. The van der Waals surface area contributed by atoms with Crippen molar-refractivity contribution >= 4 is 29.3 Å². The lowest BCUT2D eigenvalue weighted by atomic mass is 10.2. The Kier molecular flexibility index (Phi) is 8.06. The van der Waals surface area contributed by atoms with Crippen LogP contribution in [-0.2, 0) is 9.59 Å². The van der Waals surface area contributed by atoms with Gasteiger partial charge in [-0.2, -0.15) is 5.10 Å². The number of likely N-dealkylation sites (N-methyl/N-ethyl adjacent to an activating group) is 1. The molecule has 0 atom stereocenters. The average molecular weight is 471 g/mol. The molecular formula is C24H34N6O2S. The van der Waals surface area contributed by atoms with E-state index in [9.17, 15) is 9.59 Å². The Bertz CT molecular complexity index is 955. The third-order valence-electron chi connectivity index (χ3n) is 6.34. The highest BCUT2D eigenvalue weighted by Crippen LogP contribution is 2.39. The number of fused-ring (bicyclic) bond motifs is 1. The van der Waals surface area contributed by atoms with E-state index in [-0.39, 0.29) is 24.7 Å². The Morgan fingerprint density at radius 1 is 1.03 bits per heavy atom. The topological polar surface area (TPSA) is 73.7 Å². The zero-order chi connectivity index (χ0) is 23.2. The molecule has 2 aliphatic heterocycles. The van der Waals surface area contributed by atoms with Gasteiger partial charge in [0.25, 0.3) is 0 Å². The molecule has 4 rings (SSSR count). The van der Waals surface area contributed by atoms with Crippen molar-refractivity contribution in [3.05, 3.63) is 36.0 Å². The molecular weight excluding hydrogens is 436 g/mol. The summed E-state index contributed by atoms with van der Waals surface area (Å²) < 4.78 is 1.92. The number of nitrogens with zero attached hydrogens (tertiary/aromatic N) is 5. The van der Waals surface area contributed by atoms with Gasteiger partial charge in [0, 0.05) is 64.4 Å². The van der Waals surface area contributed by atoms with Gasteiger partial charge in [-0.3, -0.25) is 14.5 Å². The molecule has 2 aromatic rings. The number of hydrogen-bond acceptors (Lipinski definition) is 6. The zero-order valence-electron chi connectivity index (χ0n) is 19.6. The smallest absolute Gasteiger partial charge is 0.227 e. The zero-order valence-corrected chi connectivity index (χ0v) is 20.4. The molecule has 178 valence electrons. The van der Waals surface area contributed by atoms with E-state index in [1.807, 2.05) is 46.8 Å². The Balaban J connectivity index is 1.28. The van der Waals surface area contributed by atoms with Gasteiger partial charge in [-0.1, -0.05) is 25.1 Å². The van der Waals surface area contributed by atoms with Gasteiger partial charge in [-0.05, 0) is 25.6 Å². The molecule has 8 nitrogen and oxygen atoms in total. The van der Waals surface area contributed by atoms with Crippen LogP contribution in [0.1, 0.15) is 25.5 Å². The third-order valence-corrected chi connectivity index (χ3v) is 7.37. The summed E-state index contributed by atoms with van der Waals surface area (Å²) in [6.45, 7) is 11.7. The summed E-state index contributed by atoms with van der Waals surface area (Å²) >= 11 is 1.72. The van der Waals surface area contributed by atoms with Gasteiger partial charge < -0.3 is 15.1 Å². The summed E-state index contributed by atoms with van der Waals surface area (Å²) in [4.78, 5) is 32.0. The molecule has 1 aromatic heterocycles. The number of hydrogen-bond donors (Lipinski definition) is 1. The van der Waals surface area contributed by atoms with Gasteiger partial charge in [-0.25, -0.2) is 4.68 Å². The monoisotopic (exact) mass is 470 g/mol. The van der Waals surface area contributed by atoms with E-state index >= 15 is 0 Å². The van der Waals surface area contributed by atoms with Crippen LogP contribution in [0.2, 0.25) is 0 Å². The van der Waals surface area contributed by atoms with E-state index in [4.69, 9.17) is 5.10 Å². The van der Waals surface area contributed by atoms with Crippen LogP contribution in [-0.4, -0.2) is 89.5 Å². The van der Waals surface area contributed by atoms with Crippen molar-refractivity contribution in [2.24, 2.45) is 0 Å². The Morgan fingerprint density at radius 3 is 2.48 bits per heavy atom. The van der Waals surface area contributed by atoms with Crippen LogP contribution in [0.25, 0.3) is 5.69 Å². The van der Waals surface area contributed by atoms with Crippen LogP contribution in [0.5, 0.6) is 0 Å². The first-order valence-electron chi connectivity index (χ1n) is 11.9. The Labute approximate surface area is 200 Å². The second-order valence-corrected chi connectivity index (χ2v) is 9.59. The van der Waals surface area contributed by atoms with Crippen LogP contribution < -0.4 is 10.2 Å². The molecule has 1 N–H and O–H groups in total. The predicted octanol–water partition coefficient (Wildman–Crippen LogP) is 2.15. The maximum Gasteiger partial charge on any atom is 0.227 e. The summed E-state index contributed by atoms with van der Waals surface area (Å²) in [6, 6.07) is 9.98. The van der Waals surface area contributed by atoms with Crippen LogP contribution in [0.4, 0.5) is 5.69 Å². The van der Waals surface area contributed by atoms with Crippen LogP contribution >= 0.6 is 11.8 Å². The summed E-state index contributed by atoms with van der Waals surface area (Å²) in [5.41, 5.74) is 2.70. The second-order valence-electron chi connectivity index (χ2n) is 8.51. The van der Waals surface area contributed by atoms with Crippen molar-refractivity contribution in [1.82, 2.24) is 24.9 Å². The van der Waals surface area contributed by atoms with E-state index in [2.05, 4.69) is 22.0 Å². The first-order chi connectivity index (χ1) is 16.1. The SMILES string of the molecule is CCN1CCN(CCNC(=O)CCC(=O)N2CCSc3c2c(C)nn3-c2ccccc2)CC1. The molecule has 9 heteroatoms. The van der Waals surface area contributed by atoms with E-state index < -0.39 is 0 Å². The molecule has 0 bridgehead atoms. The maximum absolute atomic E-state index is 13.0. The number of nitrogens with one attached hydrogen (secondary N) is 1. The molecule has 0 saturated carbocycles. The number of piperazine rings is 1. The molecule has 2 amide bonds. The van der Waals surface area contributed by atoms with Gasteiger partial charge in [-0.15, -0.1) is 11.8 Å². The second kappa shape index (κ2) is 11.2. The van der Waals surface area contributed by atoms with Crippen LogP contribution in [0, 0.1) is 6.92 Å². The summed E-state index contributed by atoms with van der Waals surface area (Å²) in [5.74, 6) is 0.741. The van der Waals surface area contributed by atoms with E-state index in [0.29, 0.717) is 13.1 Å². The number of anilines is 1. The first kappa shape index (κ1) is 23.8. The molecule has 1 saturated heterocycles. The number of aryl methyl sites for hydroxylation is 1. The molecule has 0 unspecified atom stereocenters. The minimum atomic E-state index is -0.0566. The number of carbonyl (C=O) groups excluding carboxylic acids is 2. The number of benzene rings is 1. The minimum absolute atomic E-state index is 0.0156. The lowest BCUT2D eigenvalue weighted by Gasteiger charge is -2.33. The minimum Gasteiger partial charge on any atom is -0.355 e. The van der Waals surface area contributed by atoms with Crippen molar-refractivity contribution in [3.8, 4) is 5.69 Å². The fourth-order valence-corrected chi connectivity index (χ4v) is 5.53. The van der Waals surface area contributed by atoms with Crippen molar-refractivity contribution in [1.29, 1.82) is 0 Å². The number of carbonyl (C=O) groups is 2. The molecule has 1 fully saturated rings. The van der Waals surface area contributed by atoms with E-state index in [1.54, 1.807) is 11.8 Å². The van der Waals surface area contributed by atoms with Crippen molar-refractivity contribution in [2.45, 2.75) is 31.7 Å². The average Bonchev–Trinajstić information content (AvgIpc) is 3.20. The standard InChI is InChI=1S/C24H34N6O2S/c1-3-27-13-15-28(16-14-27)12-11-25-21(31)9-10-22(32)29-17-18-33-24-23(29)19(2)26-30(24)20-7-5-4-6-8-20/h4-8H,3,9-18H2,1-2H3,(H,25,31). The predicted molar refractivity (Wildman–Crippen MR) is 132 cm³/mol. The molecule has 33 heavy (non-hydrogen) atoms. The molecule has 0 radical (unpaired) electrons. The van der Waals surface area contributed by atoms with Crippen molar-refractivity contribution in [2.75, 3.05) is 63.0 Å². The highest BCUT2D eigenvalue weighted by atomic mass is 32.2. The number of thioether (sulfide) groups is 1. The molecule has 2 aliphatic rings. The van der Waals surface area contributed by atoms with Gasteiger partial charge in [0.15, 0.2) is 0 Å². The number of amides is 2. The summed E-state index contributed by atoms with van der Waals surface area (Å²) in [6.07, 6.45) is 0.425. The van der Waals surface area contributed by atoms with Gasteiger partial charge in [0.1, 0.15) is 5.03 Å². The highest BCUT2D eigenvalue weighted by molar-refractivity contribution is 7.99. The number of aromatic nitrogens is 2. The normalized spacial score (nSPS) is 17.1. The van der Waals surface area contributed by atoms with E-state index in [0.717, 1.165) is 67.1 Å². The summed E-state index contributed by atoms with van der Waals surface area (Å²) in [7, 11) is 0. The van der Waals surface area contributed by atoms with E-state index in [1.165, 1.54) is 0 Å². The van der Waals surface area contributed by atoms with Crippen LogP contribution in [0.15, 0.2) is 35.4 Å². The quantitative estimate of drug-likeness (QED) is 0.637. The highest BCUT2D eigenvalue weighted by Gasteiger charge is 2.30. The largest absolute Gasteiger partial charge is 0.355 e. The summed E-state index contributed by atoms with van der Waals surface area (Å²) in [5, 5.41) is 8.68. The molecule has 0 spiro atoms. The first-order valence-corrected chi connectivity index (χ1v) is 12.8. The van der Waals surface area contributed by atoms with Crippen molar-refractivity contribution < 1.29 is 9.59 Å². The van der Waals surface area contributed by atoms with Gasteiger partial charge in [0.05, 0.1) is 17.1 Å². The fourth-order valence-electron chi connectivity index (χ4n) is 4.40. The number of rotatable bonds is 8. The molecule has 1 aromatic carbocycles. The van der Waals surface area contributed by atoms with Crippen molar-refractivity contribution in [3.63, 3.8) is 0 Å². The number of para-hydroxylation sites is 1. The van der Waals surface area contributed by atoms with Gasteiger partial charge in [0.2, 0.25) is 11.8 Å². The molecule has 0 aliphatic carbocycles. The van der Waals surface area contributed by atoms with Gasteiger partial charge >= 0.3 is 0 Å². The molecule has 3 heterocycles. The lowest BCUT2D eigenvalue weighted by Crippen LogP contribution is -2.48. The van der Waals surface area contributed by atoms with Crippen LogP contribution in [0.3, 0.4) is 0 Å². The fraction of sp³-hybridized carbons (Fsp3) is 0.542. The maximum atomic E-state index is 13.0. The lowest BCUT2D eigenvalue weighted by molar-refractivity contribution is -0.125.